The molecule has 0 heterocycles. The van der Waals surface area contributed by atoms with Gasteiger partial charge in [0.2, 0.25) is 11.8 Å². The van der Waals surface area contributed by atoms with Gasteiger partial charge in [-0.3, -0.25) is 9.59 Å². The molecule has 3 amide bonds. The van der Waals surface area contributed by atoms with Crippen molar-refractivity contribution in [3.8, 4) is 0 Å². The first kappa shape index (κ1) is 31.9. The monoisotopic (exact) mass is 537 g/mol. The summed E-state index contributed by atoms with van der Waals surface area (Å²) in [6, 6.07) is 13.5. The Morgan fingerprint density at radius 1 is 0.846 bits per heavy atom. The third-order valence-corrected chi connectivity index (χ3v) is 5.80. The molecule has 0 saturated carbocycles. The zero-order valence-corrected chi connectivity index (χ0v) is 25.6. The van der Waals surface area contributed by atoms with Crippen LogP contribution in [0.15, 0.2) is 48.5 Å². The quantitative estimate of drug-likeness (QED) is 0.452. The van der Waals surface area contributed by atoms with Crippen molar-refractivity contribution in [2.75, 3.05) is 0 Å². The van der Waals surface area contributed by atoms with Crippen molar-refractivity contribution < 1.29 is 19.1 Å². The topological polar surface area (TPSA) is 87.7 Å². The molecule has 2 unspecified atom stereocenters. The molecule has 7 nitrogen and oxygen atoms in total. The largest absolute Gasteiger partial charge is 0.444 e. The molecule has 0 fully saturated rings. The van der Waals surface area contributed by atoms with Gasteiger partial charge < -0.3 is 20.3 Å². The first-order valence-electron chi connectivity index (χ1n) is 13.5. The number of nitrogens with one attached hydrogen (secondary N) is 2. The molecule has 0 aliphatic rings. The summed E-state index contributed by atoms with van der Waals surface area (Å²) in [4.78, 5) is 43.0. The predicted octanol–water partition coefficient (Wildman–Crippen LogP) is 6.02. The lowest BCUT2D eigenvalue weighted by molar-refractivity contribution is -0.149. The molecule has 2 aromatic rings. The zero-order chi connectivity index (χ0) is 29.8. The third-order valence-electron chi connectivity index (χ3n) is 5.80. The fourth-order valence-electron chi connectivity index (χ4n) is 4.54. The molecule has 2 N–H and O–H groups in total. The van der Waals surface area contributed by atoms with E-state index in [2.05, 4.69) is 10.6 Å². The van der Waals surface area contributed by atoms with Gasteiger partial charge in [-0.05, 0) is 87.3 Å². The lowest BCUT2D eigenvalue weighted by Crippen LogP contribution is -2.60. The van der Waals surface area contributed by atoms with Crippen LogP contribution in [0.25, 0.3) is 0 Å². The number of rotatable bonds is 7. The van der Waals surface area contributed by atoms with Crippen LogP contribution in [0.2, 0.25) is 0 Å². The molecule has 2 rings (SSSR count). The van der Waals surface area contributed by atoms with Crippen molar-refractivity contribution >= 4 is 17.9 Å². The molecular weight excluding hydrogens is 490 g/mol. The number of ether oxygens (including phenoxy) is 1. The van der Waals surface area contributed by atoms with Gasteiger partial charge in [0.15, 0.2) is 0 Å². The maximum Gasteiger partial charge on any atom is 0.408 e. The molecule has 0 aliphatic carbocycles. The number of carbonyl (C=O) groups is 3. The summed E-state index contributed by atoms with van der Waals surface area (Å²) in [5.74, 6) is -0.656. The Kier molecular flexibility index (Phi) is 9.99. The summed E-state index contributed by atoms with van der Waals surface area (Å²) < 4.78 is 5.51. The van der Waals surface area contributed by atoms with E-state index in [-0.39, 0.29) is 18.2 Å². The van der Waals surface area contributed by atoms with E-state index < -0.39 is 34.9 Å². The second-order valence-electron chi connectivity index (χ2n) is 13.3. The molecular formula is C32H47N3O4. The van der Waals surface area contributed by atoms with Crippen molar-refractivity contribution in [2.45, 2.75) is 111 Å². The molecule has 0 saturated heterocycles. The Labute approximate surface area is 234 Å². The van der Waals surface area contributed by atoms with E-state index in [0.29, 0.717) is 5.56 Å². The summed E-state index contributed by atoms with van der Waals surface area (Å²) in [6.07, 6.45) is -0.445. The molecule has 0 radical (unpaired) electrons. The molecule has 2 atom stereocenters. The molecule has 0 bridgehead atoms. The first-order valence-corrected chi connectivity index (χ1v) is 13.5. The number of amides is 3. The average Bonchev–Trinajstić information content (AvgIpc) is 2.73. The summed E-state index contributed by atoms with van der Waals surface area (Å²) >= 11 is 0. The van der Waals surface area contributed by atoms with Crippen molar-refractivity contribution in [3.63, 3.8) is 0 Å². The number of nitrogens with zero attached hydrogens (tertiary/aromatic N) is 1. The number of hydrogen-bond acceptors (Lipinski definition) is 4. The lowest BCUT2D eigenvalue weighted by Gasteiger charge is -2.44. The molecule has 214 valence electrons. The SMILES string of the molecule is Cc1cc(C)cc(C(C(=O)NC(C)(C)C)N(C(=O)C(Cc2ccccc2)NC(=O)OC(C)(C)C)C(C)(C)C)c1. The van der Waals surface area contributed by atoms with Gasteiger partial charge in [0.1, 0.15) is 17.7 Å². The maximum atomic E-state index is 14.5. The molecule has 2 aromatic carbocycles. The minimum Gasteiger partial charge on any atom is -0.444 e. The van der Waals surface area contributed by atoms with Crippen LogP contribution >= 0.6 is 0 Å². The Hall–Kier alpha value is -3.35. The minimum atomic E-state index is -0.961. The highest BCUT2D eigenvalue weighted by Gasteiger charge is 2.42. The third kappa shape index (κ3) is 10.0. The van der Waals surface area contributed by atoms with Crippen molar-refractivity contribution in [3.05, 3.63) is 70.8 Å². The Bertz CT molecular complexity index is 1130. The molecule has 0 aromatic heterocycles. The lowest BCUT2D eigenvalue weighted by atomic mass is 9.92. The number of hydrogen-bond donors (Lipinski definition) is 2. The van der Waals surface area contributed by atoms with Gasteiger partial charge in [-0.2, -0.15) is 0 Å². The fourth-order valence-corrected chi connectivity index (χ4v) is 4.54. The van der Waals surface area contributed by atoms with Crippen molar-refractivity contribution in [1.82, 2.24) is 15.5 Å². The maximum absolute atomic E-state index is 14.5. The van der Waals surface area contributed by atoms with E-state index in [0.717, 1.165) is 16.7 Å². The average molecular weight is 538 g/mol. The zero-order valence-electron chi connectivity index (χ0n) is 25.6. The Morgan fingerprint density at radius 2 is 1.38 bits per heavy atom. The molecule has 39 heavy (non-hydrogen) atoms. The van der Waals surface area contributed by atoms with Gasteiger partial charge >= 0.3 is 6.09 Å². The highest BCUT2D eigenvalue weighted by atomic mass is 16.6. The van der Waals surface area contributed by atoms with E-state index in [1.165, 1.54) is 0 Å². The molecule has 0 spiro atoms. The standard InChI is InChI=1S/C32H47N3O4/c1-21-17-22(2)19-24(18-21)26(27(36)34-30(3,4)5)35(31(6,7)8)28(37)25(20-23-15-13-12-14-16-23)33-29(38)39-32(9,10)11/h12-19,25-26H,20H2,1-11H3,(H,33,38)(H,34,36). The van der Waals surface area contributed by atoms with Crippen LogP contribution in [0, 0.1) is 13.8 Å². The highest BCUT2D eigenvalue weighted by Crippen LogP contribution is 2.32. The van der Waals surface area contributed by atoms with Gasteiger partial charge in [-0.15, -0.1) is 0 Å². The van der Waals surface area contributed by atoms with E-state index >= 15 is 0 Å². The smallest absolute Gasteiger partial charge is 0.408 e. The van der Waals surface area contributed by atoms with Gasteiger partial charge in [0.05, 0.1) is 0 Å². The second kappa shape index (κ2) is 12.2. The second-order valence-corrected chi connectivity index (χ2v) is 13.3. The van der Waals surface area contributed by atoms with E-state index in [1.54, 1.807) is 25.7 Å². The van der Waals surface area contributed by atoms with Gasteiger partial charge in [-0.1, -0.05) is 59.7 Å². The highest BCUT2D eigenvalue weighted by molar-refractivity contribution is 5.93. The van der Waals surface area contributed by atoms with Crippen LogP contribution < -0.4 is 10.6 Å². The van der Waals surface area contributed by atoms with E-state index in [1.807, 2.05) is 104 Å². The summed E-state index contributed by atoms with van der Waals surface area (Å²) in [6.45, 7) is 20.7. The van der Waals surface area contributed by atoms with Gasteiger partial charge in [-0.25, -0.2) is 4.79 Å². The Balaban J connectivity index is 2.67. The van der Waals surface area contributed by atoms with E-state index in [4.69, 9.17) is 4.74 Å². The van der Waals surface area contributed by atoms with Crippen molar-refractivity contribution in [2.24, 2.45) is 0 Å². The first-order chi connectivity index (χ1) is 17.8. The fraction of sp³-hybridized carbons (Fsp3) is 0.531. The van der Waals surface area contributed by atoms with Crippen LogP contribution in [0.1, 0.15) is 90.6 Å². The summed E-state index contributed by atoms with van der Waals surface area (Å²) in [5.41, 5.74) is 1.57. The normalized spacial score (nSPS) is 13.7. The van der Waals surface area contributed by atoms with Crippen LogP contribution in [-0.4, -0.2) is 45.5 Å². The number of carbonyl (C=O) groups excluding carboxylic acids is 3. The molecule has 0 aliphatic heterocycles. The van der Waals surface area contributed by atoms with Gasteiger partial charge in [0.25, 0.3) is 0 Å². The summed E-state index contributed by atoms with van der Waals surface area (Å²) in [5, 5.41) is 5.89. The molecule has 7 heteroatoms. The number of aryl methyl sites for hydroxylation is 2. The van der Waals surface area contributed by atoms with Crippen LogP contribution in [0.5, 0.6) is 0 Å². The van der Waals surface area contributed by atoms with Crippen LogP contribution in [0.3, 0.4) is 0 Å². The minimum absolute atomic E-state index is 0.242. The van der Waals surface area contributed by atoms with Crippen LogP contribution in [0.4, 0.5) is 4.79 Å². The Morgan fingerprint density at radius 3 is 1.85 bits per heavy atom. The van der Waals surface area contributed by atoms with Gasteiger partial charge in [0, 0.05) is 17.5 Å². The number of benzene rings is 2. The predicted molar refractivity (Wildman–Crippen MR) is 156 cm³/mol. The van der Waals surface area contributed by atoms with Crippen LogP contribution in [-0.2, 0) is 20.7 Å². The van der Waals surface area contributed by atoms with Crippen molar-refractivity contribution in [1.29, 1.82) is 0 Å². The summed E-state index contributed by atoms with van der Waals surface area (Å²) in [7, 11) is 0. The van der Waals surface area contributed by atoms with E-state index in [9.17, 15) is 14.4 Å². The number of alkyl carbamates (subject to hydrolysis) is 1.